The van der Waals surface area contributed by atoms with Crippen molar-refractivity contribution in [2.45, 2.75) is 71.6 Å². The van der Waals surface area contributed by atoms with Crippen molar-refractivity contribution in [2.24, 2.45) is 5.92 Å². The van der Waals surface area contributed by atoms with Crippen LogP contribution in [0.4, 0.5) is 0 Å². The van der Waals surface area contributed by atoms with Gasteiger partial charge in [-0.2, -0.15) is 0 Å². The summed E-state index contributed by atoms with van der Waals surface area (Å²) in [6, 6.07) is 0.646. The molecule has 1 amide bonds. The predicted molar refractivity (Wildman–Crippen MR) is 85.4 cm³/mol. The van der Waals surface area contributed by atoms with Crippen molar-refractivity contribution < 1.29 is 9.53 Å². The average molecular weight is 307 g/mol. The van der Waals surface area contributed by atoms with Gasteiger partial charge in [-0.1, -0.05) is 13.8 Å². The van der Waals surface area contributed by atoms with Gasteiger partial charge in [0.1, 0.15) is 0 Å². The molecule has 1 rings (SSSR count). The zero-order valence-corrected chi connectivity index (χ0v) is 14.1. The summed E-state index contributed by atoms with van der Waals surface area (Å²) >= 11 is 0. The zero-order valence-electron chi connectivity index (χ0n) is 13.3. The quantitative estimate of drug-likeness (QED) is 0.760. The van der Waals surface area contributed by atoms with Gasteiger partial charge in [0, 0.05) is 18.5 Å². The SMILES string of the molecule is CC(C)CC(C)OCCC(=O)NC1CCCNC1C.Cl. The molecule has 0 aromatic carbocycles. The van der Waals surface area contributed by atoms with E-state index in [1.54, 1.807) is 0 Å². The van der Waals surface area contributed by atoms with E-state index < -0.39 is 0 Å². The summed E-state index contributed by atoms with van der Waals surface area (Å²) in [5, 5.41) is 6.49. The molecule has 1 fully saturated rings. The Morgan fingerprint density at radius 3 is 2.70 bits per heavy atom. The summed E-state index contributed by atoms with van der Waals surface area (Å²) in [4.78, 5) is 11.8. The number of carbonyl (C=O) groups excluding carboxylic acids is 1. The molecule has 1 saturated heterocycles. The van der Waals surface area contributed by atoms with Crippen LogP contribution >= 0.6 is 12.4 Å². The van der Waals surface area contributed by atoms with Gasteiger partial charge in [-0.05, 0) is 45.6 Å². The molecule has 1 heterocycles. The fourth-order valence-electron chi connectivity index (χ4n) is 2.60. The van der Waals surface area contributed by atoms with Crippen molar-refractivity contribution in [3.8, 4) is 0 Å². The molecule has 3 unspecified atom stereocenters. The molecule has 5 heteroatoms. The van der Waals surface area contributed by atoms with Gasteiger partial charge in [0.2, 0.25) is 5.91 Å². The monoisotopic (exact) mass is 306 g/mol. The molecule has 0 saturated carbocycles. The van der Waals surface area contributed by atoms with Gasteiger partial charge >= 0.3 is 0 Å². The van der Waals surface area contributed by atoms with Crippen LogP contribution in [-0.2, 0) is 9.53 Å². The second kappa shape index (κ2) is 10.4. The van der Waals surface area contributed by atoms with E-state index in [9.17, 15) is 4.79 Å². The smallest absolute Gasteiger partial charge is 0.222 e. The number of amides is 1. The summed E-state index contributed by atoms with van der Waals surface area (Å²) < 4.78 is 5.66. The molecular weight excluding hydrogens is 276 g/mol. The van der Waals surface area contributed by atoms with Gasteiger partial charge < -0.3 is 15.4 Å². The van der Waals surface area contributed by atoms with Gasteiger partial charge in [0.05, 0.1) is 12.7 Å². The summed E-state index contributed by atoms with van der Waals surface area (Å²) in [5.74, 6) is 0.746. The first-order valence-electron chi connectivity index (χ1n) is 7.63. The van der Waals surface area contributed by atoms with E-state index >= 15 is 0 Å². The van der Waals surface area contributed by atoms with Gasteiger partial charge in [-0.15, -0.1) is 12.4 Å². The molecule has 3 atom stereocenters. The van der Waals surface area contributed by atoms with Crippen LogP contribution in [0.3, 0.4) is 0 Å². The first-order chi connectivity index (χ1) is 8.99. The molecule has 120 valence electrons. The van der Waals surface area contributed by atoms with E-state index in [2.05, 4.69) is 38.3 Å². The van der Waals surface area contributed by atoms with E-state index in [0.717, 1.165) is 25.8 Å². The van der Waals surface area contributed by atoms with Crippen molar-refractivity contribution in [3.63, 3.8) is 0 Å². The third-order valence-electron chi connectivity index (χ3n) is 3.64. The molecule has 4 nitrogen and oxygen atoms in total. The lowest BCUT2D eigenvalue weighted by Crippen LogP contribution is -2.52. The molecule has 1 aliphatic rings. The third-order valence-corrected chi connectivity index (χ3v) is 3.64. The predicted octanol–water partition coefficient (Wildman–Crippen LogP) is 2.51. The molecule has 2 N–H and O–H groups in total. The Balaban J connectivity index is 0.00000361. The van der Waals surface area contributed by atoms with E-state index in [-0.39, 0.29) is 30.5 Å². The normalized spacial score (nSPS) is 24.1. The van der Waals surface area contributed by atoms with Crippen LogP contribution in [0.5, 0.6) is 0 Å². The number of nitrogens with one attached hydrogen (secondary N) is 2. The molecule has 0 radical (unpaired) electrons. The third kappa shape index (κ3) is 8.08. The highest BCUT2D eigenvalue weighted by atomic mass is 35.5. The van der Waals surface area contributed by atoms with E-state index in [0.29, 0.717) is 25.0 Å². The summed E-state index contributed by atoms with van der Waals surface area (Å²) in [6.45, 7) is 10.2. The summed E-state index contributed by atoms with van der Waals surface area (Å²) in [6.07, 6.45) is 3.96. The molecular formula is C15H31ClN2O2. The zero-order chi connectivity index (χ0) is 14.3. The highest BCUT2D eigenvalue weighted by molar-refractivity contribution is 5.85. The highest BCUT2D eigenvalue weighted by Crippen LogP contribution is 2.09. The molecule has 0 bridgehead atoms. The lowest BCUT2D eigenvalue weighted by Gasteiger charge is -2.30. The van der Waals surface area contributed by atoms with Crippen LogP contribution in [-0.4, -0.2) is 37.2 Å². The van der Waals surface area contributed by atoms with Crippen LogP contribution in [0.2, 0.25) is 0 Å². The van der Waals surface area contributed by atoms with Gasteiger partial charge in [0.15, 0.2) is 0 Å². The fraction of sp³-hybridized carbons (Fsp3) is 0.933. The Morgan fingerprint density at radius 1 is 1.40 bits per heavy atom. The molecule has 0 aliphatic carbocycles. The summed E-state index contributed by atoms with van der Waals surface area (Å²) in [5.41, 5.74) is 0. The second-order valence-electron chi connectivity index (χ2n) is 6.12. The molecule has 0 aromatic rings. The van der Waals surface area contributed by atoms with Crippen molar-refractivity contribution in [2.75, 3.05) is 13.2 Å². The Labute approximate surface area is 129 Å². The Kier molecular flexibility index (Phi) is 10.2. The van der Waals surface area contributed by atoms with Gasteiger partial charge in [0.25, 0.3) is 0 Å². The maximum absolute atomic E-state index is 11.8. The van der Waals surface area contributed by atoms with Gasteiger partial charge in [-0.25, -0.2) is 0 Å². The van der Waals surface area contributed by atoms with Crippen molar-refractivity contribution in [1.29, 1.82) is 0 Å². The van der Waals surface area contributed by atoms with E-state index in [1.165, 1.54) is 0 Å². The number of carbonyl (C=O) groups is 1. The largest absolute Gasteiger partial charge is 0.378 e. The topological polar surface area (TPSA) is 50.4 Å². The maximum Gasteiger partial charge on any atom is 0.222 e. The lowest BCUT2D eigenvalue weighted by molar-refractivity contribution is -0.123. The average Bonchev–Trinajstić information content (AvgIpc) is 2.31. The fourth-order valence-corrected chi connectivity index (χ4v) is 2.60. The van der Waals surface area contributed by atoms with Crippen LogP contribution in [0.15, 0.2) is 0 Å². The van der Waals surface area contributed by atoms with E-state index in [1.807, 2.05) is 0 Å². The van der Waals surface area contributed by atoms with Crippen molar-refractivity contribution >= 4 is 18.3 Å². The highest BCUT2D eigenvalue weighted by Gasteiger charge is 2.22. The van der Waals surface area contributed by atoms with Gasteiger partial charge in [-0.3, -0.25) is 4.79 Å². The second-order valence-corrected chi connectivity index (χ2v) is 6.12. The first kappa shape index (κ1) is 19.7. The molecule has 0 aromatic heterocycles. The van der Waals surface area contributed by atoms with Crippen LogP contribution in [0.25, 0.3) is 0 Å². The Morgan fingerprint density at radius 2 is 2.10 bits per heavy atom. The lowest BCUT2D eigenvalue weighted by atomic mass is 10.00. The summed E-state index contributed by atoms with van der Waals surface area (Å²) in [7, 11) is 0. The van der Waals surface area contributed by atoms with Crippen molar-refractivity contribution in [1.82, 2.24) is 10.6 Å². The Hall–Kier alpha value is -0.320. The molecule has 0 spiro atoms. The number of halogens is 1. The number of hydrogen-bond donors (Lipinski definition) is 2. The Bertz CT molecular complexity index is 275. The number of hydrogen-bond acceptors (Lipinski definition) is 3. The van der Waals surface area contributed by atoms with Crippen LogP contribution < -0.4 is 10.6 Å². The number of ether oxygens (including phenoxy) is 1. The minimum atomic E-state index is 0. The van der Waals surface area contributed by atoms with E-state index in [4.69, 9.17) is 4.74 Å². The van der Waals surface area contributed by atoms with Crippen LogP contribution in [0, 0.1) is 5.92 Å². The van der Waals surface area contributed by atoms with Crippen molar-refractivity contribution in [3.05, 3.63) is 0 Å². The minimum Gasteiger partial charge on any atom is -0.378 e. The molecule has 20 heavy (non-hydrogen) atoms. The standard InChI is InChI=1S/C15H30N2O2.ClH/c1-11(2)10-12(3)19-9-7-15(18)17-14-6-5-8-16-13(14)4;/h11-14,16H,5-10H2,1-4H3,(H,17,18);1H. The first-order valence-corrected chi connectivity index (χ1v) is 7.63. The maximum atomic E-state index is 11.8. The molecule has 1 aliphatic heterocycles. The number of piperidine rings is 1. The van der Waals surface area contributed by atoms with Crippen LogP contribution in [0.1, 0.15) is 53.4 Å². The number of rotatable bonds is 7. The minimum absolute atomic E-state index is 0.